The van der Waals surface area contributed by atoms with Gasteiger partial charge < -0.3 is 4.57 Å². The number of aromatic nitrogens is 1. The Kier molecular flexibility index (Phi) is 5.50. The molecule has 2 aromatic carbocycles. The van der Waals surface area contributed by atoms with Crippen LogP contribution in [0.2, 0.25) is 5.02 Å². The lowest BCUT2D eigenvalue weighted by Crippen LogP contribution is -2.18. The van der Waals surface area contributed by atoms with E-state index in [4.69, 9.17) is 11.6 Å². The first-order valence-corrected chi connectivity index (χ1v) is 10.2. The van der Waals surface area contributed by atoms with Gasteiger partial charge in [-0.3, -0.25) is 9.52 Å². The van der Waals surface area contributed by atoms with Crippen LogP contribution in [-0.4, -0.2) is 13.0 Å². The molecule has 26 heavy (non-hydrogen) atoms. The first kappa shape index (κ1) is 18.7. The van der Waals surface area contributed by atoms with Crippen LogP contribution in [0.5, 0.6) is 0 Å². The van der Waals surface area contributed by atoms with E-state index in [0.717, 1.165) is 5.56 Å². The van der Waals surface area contributed by atoms with Crippen molar-refractivity contribution in [1.82, 2.24) is 4.57 Å². The van der Waals surface area contributed by atoms with Crippen LogP contribution in [0.4, 0.5) is 5.69 Å². The molecule has 0 saturated carbocycles. The number of benzene rings is 2. The highest BCUT2D eigenvalue weighted by Crippen LogP contribution is 2.27. The van der Waals surface area contributed by atoms with Gasteiger partial charge >= 0.3 is 0 Å². The summed E-state index contributed by atoms with van der Waals surface area (Å²) in [5.74, 6) is 0. The number of pyridine rings is 1. The monoisotopic (exact) mass is 452 g/mol. The Morgan fingerprint density at radius 3 is 2.42 bits per heavy atom. The second kappa shape index (κ2) is 7.65. The van der Waals surface area contributed by atoms with Crippen molar-refractivity contribution in [2.24, 2.45) is 0 Å². The Labute approximate surface area is 164 Å². The van der Waals surface area contributed by atoms with E-state index in [1.165, 1.54) is 18.2 Å². The molecule has 5 nitrogen and oxygen atoms in total. The predicted octanol–water partition coefficient (Wildman–Crippen LogP) is 4.11. The highest BCUT2D eigenvalue weighted by Gasteiger charge is 2.18. The van der Waals surface area contributed by atoms with Crippen LogP contribution in [0.3, 0.4) is 0 Å². The Morgan fingerprint density at radius 1 is 1.04 bits per heavy atom. The molecule has 0 saturated heterocycles. The van der Waals surface area contributed by atoms with Crippen molar-refractivity contribution in [2.75, 3.05) is 4.72 Å². The smallest absolute Gasteiger partial charge is 0.263 e. The first-order chi connectivity index (χ1) is 12.3. The summed E-state index contributed by atoms with van der Waals surface area (Å²) < 4.78 is 29.8. The summed E-state index contributed by atoms with van der Waals surface area (Å²) in [5.41, 5.74) is 1.19. The van der Waals surface area contributed by atoms with Crippen LogP contribution >= 0.6 is 27.5 Å². The molecule has 1 N–H and O–H groups in total. The van der Waals surface area contributed by atoms with Gasteiger partial charge in [-0.25, -0.2) is 8.42 Å². The van der Waals surface area contributed by atoms with E-state index in [9.17, 15) is 13.2 Å². The fourth-order valence-electron chi connectivity index (χ4n) is 2.37. The van der Waals surface area contributed by atoms with Crippen molar-refractivity contribution in [1.29, 1.82) is 0 Å². The molecule has 0 aliphatic carbocycles. The molecular formula is C18H14BrClN2O3S. The fourth-order valence-corrected chi connectivity index (χ4v) is 4.47. The highest BCUT2D eigenvalue weighted by atomic mass is 79.9. The lowest BCUT2D eigenvalue weighted by atomic mass is 10.2. The average molecular weight is 454 g/mol. The van der Waals surface area contributed by atoms with Gasteiger partial charge in [-0.2, -0.15) is 0 Å². The molecule has 0 fully saturated rings. The lowest BCUT2D eigenvalue weighted by Gasteiger charge is -2.11. The summed E-state index contributed by atoms with van der Waals surface area (Å²) >= 11 is 9.28. The second-order valence-electron chi connectivity index (χ2n) is 5.54. The van der Waals surface area contributed by atoms with Gasteiger partial charge in [0.2, 0.25) is 0 Å². The summed E-state index contributed by atoms with van der Waals surface area (Å²) in [6.45, 7) is 0.408. The van der Waals surface area contributed by atoms with Crippen LogP contribution in [0, 0.1) is 0 Å². The zero-order valence-corrected chi connectivity index (χ0v) is 16.6. The zero-order valence-electron chi connectivity index (χ0n) is 13.4. The number of rotatable bonds is 5. The molecule has 3 aromatic rings. The fraction of sp³-hybridized carbons (Fsp3) is 0.0556. The number of nitrogens with zero attached hydrogens (tertiary/aromatic N) is 1. The number of sulfonamides is 1. The quantitative estimate of drug-likeness (QED) is 0.632. The summed E-state index contributed by atoms with van der Waals surface area (Å²) in [5, 5.41) is 0.131. The predicted molar refractivity (Wildman–Crippen MR) is 106 cm³/mol. The second-order valence-corrected chi connectivity index (χ2v) is 8.52. The summed E-state index contributed by atoms with van der Waals surface area (Å²) in [6, 6.07) is 16.4. The minimum absolute atomic E-state index is 0.00211. The Bertz CT molecular complexity index is 1100. The Hall–Kier alpha value is -2.09. The lowest BCUT2D eigenvalue weighted by molar-refractivity contribution is 0.601. The normalized spacial score (nSPS) is 11.3. The molecule has 1 heterocycles. The zero-order chi connectivity index (χ0) is 18.7. The molecule has 0 unspecified atom stereocenters. The molecule has 0 bridgehead atoms. The SMILES string of the molecule is O=c1ccccn1Cc1ccc(NS(=O)(=O)c2ccc(Br)cc2Cl)cc1. The molecule has 0 aliphatic heterocycles. The van der Waals surface area contributed by atoms with E-state index in [1.807, 2.05) is 0 Å². The number of anilines is 1. The third-order valence-electron chi connectivity index (χ3n) is 3.64. The van der Waals surface area contributed by atoms with Gasteiger partial charge in [0.15, 0.2) is 0 Å². The van der Waals surface area contributed by atoms with Crippen LogP contribution in [-0.2, 0) is 16.6 Å². The number of hydrogen-bond acceptors (Lipinski definition) is 3. The largest absolute Gasteiger partial charge is 0.311 e. The minimum Gasteiger partial charge on any atom is -0.311 e. The van der Waals surface area contributed by atoms with E-state index in [1.54, 1.807) is 53.2 Å². The maximum absolute atomic E-state index is 12.5. The third kappa shape index (κ3) is 4.35. The van der Waals surface area contributed by atoms with Gasteiger partial charge in [-0.15, -0.1) is 0 Å². The molecule has 8 heteroatoms. The summed E-state index contributed by atoms with van der Waals surface area (Å²) in [4.78, 5) is 11.7. The molecule has 0 aliphatic rings. The Balaban J connectivity index is 1.78. The molecule has 0 spiro atoms. The number of nitrogens with one attached hydrogen (secondary N) is 1. The van der Waals surface area contributed by atoms with Crippen LogP contribution in [0.15, 0.2) is 81.0 Å². The average Bonchev–Trinajstić information content (AvgIpc) is 2.58. The van der Waals surface area contributed by atoms with Crippen LogP contribution in [0.1, 0.15) is 5.56 Å². The minimum atomic E-state index is -3.80. The first-order valence-electron chi connectivity index (χ1n) is 7.57. The molecule has 0 radical (unpaired) electrons. The molecule has 0 amide bonds. The van der Waals surface area contributed by atoms with Gasteiger partial charge in [-0.05, 0) is 42.0 Å². The van der Waals surface area contributed by atoms with E-state index >= 15 is 0 Å². The van der Waals surface area contributed by atoms with Crippen molar-refractivity contribution >= 4 is 43.2 Å². The molecular weight excluding hydrogens is 440 g/mol. The number of hydrogen-bond donors (Lipinski definition) is 1. The van der Waals surface area contributed by atoms with Gasteiger partial charge in [0, 0.05) is 22.4 Å². The standard InChI is InChI=1S/C18H14BrClN2O3S/c19-14-6-9-17(16(20)11-14)26(24,25)21-15-7-4-13(5-8-15)12-22-10-2-1-3-18(22)23/h1-11,21H,12H2. The van der Waals surface area contributed by atoms with Crippen molar-refractivity contribution in [3.8, 4) is 0 Å². The van der Waals surface area contributed by atoms with Crippen LogP contribution < -0.4 is 10.3 Å². The van der Waals surface area contributed by atoms with Gasteiger partial charge in [0.25, 0.3) is 15.6 Å². The molecule has 3 rings (SSSR count). The highest BCUT2D eigenvalue weighted by molar-refractivity contribution is 9.10. The maximum atomic E-state index is 12.5. The van der Waals surface area contributed by atoms with E-state index < -0.39 is 10.0 Å². The van der Waals surface area contributed by atoms with Crippen molar-refractivity contribution < 1.29 is 8.42 Å². The third-order valence-corrected chi connectivity index (χ3v) is 6.00. The summed E-state index contributed by atoms with van der Waals surface area (Å²) in [6.07, 6.45) is 1.70. The van der Waals surface area contributed by atoms with E-state index in [2.05, 4.69) is 20.7 Å². The van der Waals surface area contributed by atoms with Gasteiger partial charge in [0.1, 0.15) is 4.90 Å². The molecule has 1 aromatic heterocycles. The van der Waals surface area contributed by atoms with Crippen molar-refractivity contribution in [2.45, 2.75) is 11.4 Å². The topological polar surface area (TPSA) is 68.2 Å². The van der Waals surface area contributed by atoms with Crippen molar-refractivity contribution in [3.63, 3.8) is 0 Å². The number of halogens is 2. The van der Waals surface area contributed by atoms with E-state index in [0.29, 0.717) is 16.7 Å². The van der Waals surface area contributed by atoms with Gasteiger partial charge in [0.05, 0.1) is 11.6 Å². The molecule has 0 atom stereocenters. The van der Waals surface area contributed by atoms with Gasteiger partial charge in [-0.1, -0.05) is 45.7 Å². The Morgan fingerprint density at radius 2 is 1.77 bits per heavy atom. The molecule has 134 valence electrons. The summed E-state index contributed by atoms with van der Waals surface area (Å²) in [7, 11) is -3.80. The maximum Gasteiger partial charge on any atom is 0.263 e. The van der Waals surface area contributed by atoms with Crippen molar-refractivity contribution in [3.05, 3.63) is 92.3 Å². The van der Waals surface area contributed by atoms with Crippen LogP contribution in [0.25, 0.3) is 0 Å². The van der Waals surface area contributed by atoms with E-state index in [-0.39, 0.29) is 15.5 Å².